The Balaban J connectivity index is 1.72. The van der Waals surface area contributed by atoms with Crippen molar-refractivity contribution >= 4 is 17.2 Å². The van der Waals surface area contributed by atoms with E-state index in [1.165, 1.54) is 4.88 Å². The molecule has 1 aliphatic rings. The molecule has 1 atom stereocenters. The summed E-state index contributed by atoms with van der Waals surface area (Å²) >= 11 is 1.69. The Morgan fingerprint density at radius 2 is 2.33 bits per heavy atom. The van der Waals surface area contributed by atoms with Gasteiger partial charge in [0.1, 0.15) is 5.76 Å². The molecule has 0 bridgehead atoms. The molecule has 1 amide bonds. The highest BCUT2D eigenvalue weighted by Gasteiger charge is 2.26. The number of carbonyl (C=O) groups excluding carboxylic acids is 1. The first-order valence-electron chi connectivity index (χ1n) is 7.37. The highest BCUT2D eigenvalue weighted by atomic mass is 32.1. The summed E-state index contributed by atoms with van der Waals surface area (Å²) in [6, 6.07) is 7.89. The molecule has 0 unspecified atom stereocenters. The van der Waals surface area contributed by atoms with E-state index in [0.29, 0.717) is 13.1 Å². The van der Waals surface area contributed by atoms with Crippen molar-refractivity contribution in [2.24, 2.45) is 5.92 Å². The largest absolute Gasteiger partial charge is 0.467 e. The molecule has 0 aromatic carbocycles. The van der Waals surface area contributed by atoms with Crippen molar-refractivity contribution in [2.45, 2.75) is 25.9 Å². The fourth-order valence-corrected chi connectivity index (χ4v) is 3.43. The molecule has 1 saturated heterocycles. The van der Waals surface area contributed by atoms with E-state index >= 15 is 0 Å². The Hall–Kier alpha value is -1.59. The third-order valence-electron chi connectivity index (χ3n) is 3.81. The lowest BCUT2D eigenvalue weighted by Crippen LogP contribution is -2.42. The zero-order valence-corrected chi connectivity index (χ0v) is 12.8. The van der Waals surface area contributed by atoms with Gasteiger partial charge in [-0.15, -0.1) is 11.3 Å². The van der Waals surface area contributed by atoms with Crippen molar-refractivity contribution in [3.05, 3.63) is 46.5 Å². The highest BCUT2D eigenvalue weighted by molar-refractivity contribution is 7.09. The molecule has 0 radical (unpaired) electrons. The quantitative estimate of drug-likeness (QED) is 0.924. The molecule has 4 nitrogen and oxygen atoms in total. The summed E-state index contributed by atoms with van der Waals surface area (Å²) in [5.41, 5.74) is 0. The van der Waals surface area contributed by atoms with Crippen LogP contribution in [0.1, 0.15) is 23.5 Å². The number of furan rings is 1. The Labute approximate surface area is 128 Å². The molecule has 3 heterocycles. The summed E-state index contributed by atoms with van der Waals surface area (Å²) < 4.78 is 5.41. The molecular weight excluding hydrogens is 284 g/mol. The van der Waals surface area contributed by atoms with Crippen LogP contribution in [-0.4, -0.2) is 23.9 Å². The molecule has 1 aliphatic heterocycles. The summed E-state index contributed by atoms with van der Waals surface area (Å²) in [5.74, 6) is 1.16. The van der Waals surface area contributed by atoms with Gasteiger partial charge in [0, 0.05) is 11.4 Å². The third kappa shape index (κ3) is 3.74. The van der Waals surface area contributed by atoms with Crippen molar-refractivity contribution in [3.63, 3.8) is 0 Å². The highest BCUT2D eigenvalue weighted by Crippen LogP contribution is 2.20. The fraction of sp³-hybridized carbons (Fsp3) is 0.438. The summed E-state index contributed by atoms with van der Waals surface area (Å²) in [4.78, 5) is 15.9. The first-order valence-corrected chi connectivity index (χ1v) is 8.25. The normalized spacial score (nSPS) is 18.6. The standard InChI is InChI=1S/C16H20N2O2S/c19-16(13-4-1-7-17-10-13)18(11-14-5-2-8-20-14)12-15-6-3-9-21-15/h2-3,5-6,8-9,13,17H,1,4,7,10-12H2/t13-/m0/s1. The van der Waals surface area contributed by atoms with Gasteiger partial charge in [0.25, 0.3) is 0 Å². The minimum Gasteiger partial charge on any atom is -0.467 e. The SMILES string of the molecule is O=C([C@H]1CCCNC1)N(Cc1ccco1)Cc1cccs1. The van der Waals surface area contributed by atoms with Crippen molar-refractivity contribution < 1.29 is 9.21 Å². The molecule has 5 heteroatoms. The summed E-state index contributed by atoms with van der Waals surface area (Å²) in [6.45, 7) is 3.01. The van der Waals surface area contributed by atoms with Crippen LogP contribution in [0.3, 0.4) is 0 Å². The number of carbonyl (C=O) groups is 1. The van der Waals surface area contributed by atoms with Gasteiger partial charge in [-0.2, -0.15) is 0 Å². The van der Waals surface area contributed by atoms with Crippen LogP contribution in [0.2, 0.25) is 0 Å². The van der Waals surface area contributed by atoms with Gasteiger partial charge < -0.3 is 14.6 Å². The second-order valence-corrected chi connectivity index (χ2v) is 6.43. The van der Waals surface area contributed by atoms with Crippen LogP contribution in [0.4, 0.5) is 0 Å². The van der Waals surface area contributed by atoms with Crippen LogP contribution in [0.25, 0.3) is 0 Å². The van der Waals surface area contributed by atoms with Gasteiger partial charge in [-0.05, 0) is 43.0 Å². The van der Waals surface area contributed by atoms with E-state index in [1.54, 1.807) is 17.6 Å². The Bertz CT molecular complexity index is 509. The number of hydrogen-bond donors (Lipinski definition) is 1. The molecule has 0 spiro atoms. The minimum absolute atomic E-state index is 0.0914. The molecule has 0 saturated carbocycles. The van der Waals surface area contributed by atoms with E-state index < -0.39 is 0 Å². The van der Waals surface area contributed by atoms with Crippen molar-refractivity contribution in [1.82, 2.24) is 10.2 Å². The number of nitrogens with zero attached hydrogens (tertiary/aromatic N) is 1. The second-order valence-electron chi connectivity index (χ2n) is 5.40. The lowest BCUT2D eigenvalue weighted by molar-refractivity contribution is -0.137. The molecule has 21 heavy (non-hydrogen) atoms. The maximum absolute atomic E-state index is 12.8. The molecule has 2 aromatic rings. The Morgan fingerprint density at radius 3 is 3.00 bits per heavy atom. The average molecular weight is 304 g/mol. The number of piperidine rings is 1. The molecule has 3 rings (SSSR count). The summed E-state index contributed by atoms with van der Waals surface area (Å²) in [5, 5.41) is 5.37. The van der Waals surface area contributed by atoms with Crippen molar-refractivity contribution in [2.75, 3.05) is 13.1 Å². The number of nitrogens with one attached hydrogen (secondary N) is 1. The van der Waals surface area contributed by atoms with Gasteiger partial charge in [-0.3, -0.25) is 4.79 Å². The van der Waals surface area contributed by atoms with Crippen LogP contribution >= 0.6 is 11.3 Å². The van der Waals surface area contributed by atoms with Crippen LogP contribution in [-0.2, 0) is 17.9 Å². The molecular formula is C16H20N2O2S. The molecule has 112 valence electrons. The van der Waals surface area contributed by atoms with Gasteiger partial charge in [0.2, 0.25) is 5.91 Å². The average Bonchev–Trinajstić information content (AvgIpc) is 3.20. The van der Waals surface area contributed by atoms with Crippen LogP contribution < -0.4 is 5.32 Å². The summed E-state index contributed by atoms with van der Waals surface area (Å²) in [6.07, 6.45) is 3.71. The van der Waals surface area contributed by atoms with Crippen molar-refractivity contribution in [1.29, 1.82) is 0 Å². The third-order valence-corrected chi connectivity index (χ3v) is 4.67. The zero-order valence-electron chi connectivity index (χ0n) is 12.0. The van der Waals surface area contributed by atoms with Gasteiger partial charge in [0.15, 0.2) is 0 Å². The summed E-state index contributed by atoms with van der Waals surface area (Å²) in [7, 11) is 0. The van der Waals surface area contributed by atoms with E-state index in [0.717, 1.165) is 31.7 Å². The lowest BCUT2D eigenvalue weighted by Gasteiger charge is -2.29. The number of rotatable bonds is 5. The first kappa shape index (κ1) is 14.4. The first-order chi connectivity index (χ1) is 10.3. The van der Waals surface area contributed by atoms with E-state index in [4.69, 9.17) is 4.42 Å². The molecule has 0 aliphatic carbocycles. The van der Waals surface area contributed by atoms with Gasteiger partial charge in [0.05, 0.1) is 25.3 Å². The molecule has 1 N–H and O–H groups in total. The van der Waals surface area contributed by atoms with E-state index in [9.17, 15) is 4.79 Å². The smallest absolute Gasteiger partial charge is 0.227 e. The molecule has 1 fully saturated rings. The van der Waals surface area contributed by atoms with Gasteiger partial charge in [-0.25, -0.2) is 0 Å². The molecule has 2 aromatic heterocycles. The second kappa shape index (κ2) is 6.91. The Morgan fingerprint density at radius 1 is 1.38 bits per heavy atom. The predicted molar refractivity (Wildman–Crippen MR) is 82.9 cm³/mol. The van der Waals surface area contributed by atoms with E-state index in [-0.39, 0.29) is 11.8 Å². The zero-order chi connectivity index (χ0) is 14.5. The predicted octanol–water partition coefficient (Wildman–Crippen LogP) is 2.87. The topological polar surface area (TPSA) is 45.5 Å². The maximum atomic E-state index is 12.8. The minimum atomic E-state index is 0.0914. The van der Waals surface area contributed by atoms with Crippen LogP contribution in [0, 0.1) is 5.92 Å². The van der Waals surface area contributed by atoms with Crippen LogP contribution in [0.5, 0.6) is 0 Å². The van der Waals surface area contributed by atoms with Gasteiger partial charge in [-0.1, -0.05) is 6.07 Å². The monoisotopic (exact) mass is 304 g/mol. The fourth-order valence-electron chi connectivity index (χ4n) is 2.71. The van der Waals surface area contributed by atoms with E-state index in [2.05, 4.69) is 11.4 Å². The van der Waals surface area contributed by atoms with E-state index in [1.807, 2.05) is 28.5 Å². The maximum Gasteiger partial charge on any atom is 0.227 e. The lowest BCUT2D eigenvalue weighted by atomic mass is 9.98. The van der Waals surface area contributed by atoms with Gasteiger partial charge >= 0.3 is 0 Å². The number of amides is 1. The Kier molecular flexibility index (Phi) is 4.72. The number of thiophene rings is 1. The van der Waals surface area contributed by atoms with Crippen LogP contribution in [0.15, 0.2) is 40.3 Å². The van der Waals surface area contributed by atoms with Crippen molar-refractivity contribution in [3.8, 4) is 0 Å². The number of hydrogen-bond acceptors (Lipinski definition) is 4.